The Morgan fingerprint density at radius 3 is 2.56 bits per heavy atom. The molecule has 2 unspecified atom stereocenters. The minimum atomic E-state index is 0. The summed E-state index contributed by atoms with van der Waals surface area (Å²) in [6.07, 6.45) is 4.00. The fraction of sp³-hybridized carbons (Fsp3) is 0.381. The molecule has 0 bridgehead atoms. The van der Waals surface area contributed by atoms with Crippen LogP contribution in [0.1, 0.15) is 41.3 Å². The Morgan fingerprint density at radius 2 is 1.80 bits per heavy atom. The normalized spacial score (nSPS) is 19.7. The standard InChI is InChI=1S/C21H26N2O.ClH/c1-16-20(12-7-15-22-16)23-21(24)19-11-6-5-10-18(19)14-13-17-8-3-2-4-9-17;/h2-6,8-11,16,20,22H,7,12-15H2,1H3,(H,23,24);1H. The molecule has 1 amide bonds. The van der Waals surface area contributed by atoms with Crippen LogP contribution in [-0.2, 0) is 12.8 Å². The third kappa shape index (κ3) is 5.32. The van der Waals surface area contributed by atoms with Gasteiger partial charge in [-0.1, -0.05) is 48.5 Å². The first kappa shape index (κ1) is 19.5. The van der Waals surface area contributed by atoms with Crippen LogP contribution in [-0.4, -0.2) is 24.5 Å². The average molecular weight is 359 g/mol. The Balaban J connectivity index is 0.00000225. The van der Waals surface area contributed by atoms with Crippen molar-refractivity contribution in [3.8, 4) is 0 Å². The monoisotopic (exact) mass is 358 g/mol. The number of hydrogen-bond acceptors (Lipinski definition) is 2. The van der Waals surface area contributed by atoms with E-state index in [9.17, 15) is 4.79 Å². The fourth-order valence-electron chi connectivity index (χ4n) is 3.37. The molecular formula is C21H27ClN2O. The van der Waals surface area contributed by atoms with E-state index in [-0.39, 0.29) is 24.4 Å². The molecule has 4 heteroatoms. The van der Waals surface area contributed by atoms with E-state index >= 15 is 0 Å². The molecular weight excluding hydrogens is 332 g/mol. The first-order chi connectivity index (χ1) is 11.7. The van der Waals surface area contributed by atoms with Gasteiger partial charge in [0.25, 0.3) is 5.91 Å². The second kappa shape index (κ2) is 9.59. The number of nitrogens with one attached hydrogen (secondary N) is 2. The minimum Gasteiger partial charge on any atom is -0.348 e. The number of rotatable bonds is 5. The van der Waals surface area contributed by atoms with Crippen LogP contribution in [0.2, 0.25) is 0 Å². The van der Waals surface area contributed by atoms with Gasteiger partial charge in [0.15, 0.2) is 0 Å². The van der Waals surface area contributed by atoms with Crippen LogP contribution >= 0.6 is 12.4 Å². The zero-order chi connectivity index (χ0) is 16.8. The molecule has 1 heterocycles. The molecule has 0 radical (unpaired) electrons. The van der Waals surface area contributed by atoms with E-state index < -0.39 is 0 Å². The van der Waals surface area contributed by atoms with Crippen molar-refractivity contribution in [2.45, 2.75) is 44.7 Å². The number of amides is 1. The number of carbonyl (C=O) groups is 1. The smallest absolute Gasteiger partial charge is 0.251 e. The predicted octanol–water partition coefficient (Wildman–Crippen LogP) is 3.76. The first-order valence-electron chi connectivity index (χ1n) is 8.90. The third-order valence-electron chi connectivity index (χ3n) is 4.87. The lowest BCUT2D eigenvalue weighted by Gasteiger charge is -2.30. The predicted molar refractivity (Wildman–Crippen MR) is 105 cm³/mol. The van der Waals surface area contributed by atoms with Gasteiger partial charge in [0.05, 0.1) is 0 Å². The summed E-state index contributed by atoms with van der Waals surface area (Å²) in [7, 11) is 0. The van der Waals surface area contributed by atoms with Gasteiger partial charge in [-0.05, 0) is 56.3 Å². The number of piperidine rings is 1. The maximum absolute atomic E-state index is 12.8. The van der Waals surface area contributed by atoms with Gasteiger partial charge in [-0.15, -0.1) is 12.4 Å². The van der Waals surface area contributed by atoms with Gasteiger partial charge in [0.1, 0.15) is 0 Å². The second-order valence-electron chi connectivity index (χ2n) is 6.61. The zero-order valence-corrected chi connectivity index (χ0v) is 15.5. The number of carbonyl (C=O) groups excluding carboxylic acids is 1. The summed E-state index contributed by atoms with van der Waals surface area (Å²) in [6, 6.07) is 19.0. The summed E-state index contributed by atoms with van der Waals surface area (Å²) in [5.41, 5.74) is 3.24. The molecule has 2 atom stereocenters. The van der Waals surface area contributed by atoms with Crippen LogP contribution in [0.5, 0.6) is 0 Å². The molecule has 134 valence electrons. The molecule has 0 aliphatic carbocycles. The van der Waals surface area contributed by atoms with Crippen molar-refractivity contribution in [2.24, 2.45) is 0 Å². The van der Waals surface area contributed by atoms with Crippen LogP contribution in [0.3, 0.4) is 0 Å². The van der Waals surface area contributed by atoms with E-state index in [4.69, 9.17) is 0 Å². The maximum Gasteiger partial charge on any atom is 0.251 e. The molecule has 1 fully saturated rings. The van der Waals surface area contributed by atoms with Crippen LogP contribution in [0.25, 0.3) is 0 Å². The molecule has 25 heavy (non-hydrogen) atoms. The third-order valence-corrected chi connectivity index (χ3v) is 4.87. The second-order valence-corrected chi connectivity index (χ2v) is 6.61. The summed E-state index contributed by atoms with van der Waals surface area (Å²) in [4.78, 5) is 12.8. The fourth-order valence-corrected chi connectivity index (χ4v) is 3.37. The Morgan fingerprint density at radius 1 is 1.08 bits per heavy atom. The zero-order valence-electron chi connectivity index (χ0n) is 14.7. The van der Waals surface area contributed by atoms with Gasteiger partial charge in [-0.2, -0.15) is 0 Å². The van der Waals surface area contributed by atoms with E-state index in [0.29, 0.717) is 6.04 Å². The summed E-state index contributed by atoms with van der Waals surface area (Å²) >= 11 is 0. The molecule has 1 aliphatic heterocycles. The molecule has 0 spiro atoms. The molecule has 0 saturated carbocycles. The van der Waals surface area contributed by atoms with E-state index in [1.807, 2.05) is 24.3 Å². The summed E-state index contributed by atoms with van der Waals surface area (Å²) in [5.74, 6) is 0.0548. The molecule has 3 nitrogen and oxygen atoms in total. The minimum absolute atomic E-state index is 0. The van der Waals surface area contributed by atoms with Gasteiger partial charge in [0, 0.05) is 17.6 Å². The van der Waals surface area contributed by atoms with Crippen molar-refractivity contribution in [1.29, 1.82) is 0 Å². The van der Waals surface area contributed by atoms with Crippen LogP contribution < -0.4 is 10.6 Å². The lowest BCUT2D eigenvalue weighted by Crippen LogP contribution is -2.52. The Kier molecular flexibility index (Phi) is 7.48. The van der Waals surface area contributed by atoms with Gasteiger partial charge in [-0.25, -0.2) is 0 Å². The average Bonchev–Trinajstić information content (AvgIpc) is 2.63. The Hall–Kier alpha value is -1.84. The number of benzene rings is 2. The van der Waals surface area contributed by atoms with Crippen LogP contribution in [0.4, 0.5) is 0 Å². The molecule has 1 aliphatic rings. The van der Waals surface area contributed by atoms with Gasteiger partial charge < -0.3 is 10.6 Å². The van der Waals surface area contributed by atoms with Crippen LogP contribution in [0.15, 0.2) is 54.6 Å². The van der Waals surface area contributed by atoms with Crippen molar-refractivity contribution in [3.63, 3.8) is 0 Å². The van der Waals surface area contributed by atoms with E-state index in [2.05, 4.69) is 47.9 Å². The number of halogens is 1. The van der Waals surface area contributed by atoms with E-state index in [0.717, 1.165) is 43.4 Å². The van der Waals surface area contributed by atoms with Crippen molar-refractivity contribution in [1.82, 2.24) is 10.6 Å². The van der Waals surface area contributed by atoms with Crippen molar-refractivity contribution < 1.29 is 4.79 Å². The maximum atomic E-state index is 12.8. The molecule has 0 aromatic heterocycles. The van der Waals surface area contributed by atoms with Gasteiger partial charge >= 0.3 is 0 Å². The van der Waals surface area contributed by atoms with Gasteiger partial charge in [-0.3, -0.25) is 4.79 Å². The lowest BCUT2D eigenvalue weighted by molar-refractivity contribution is 0.0919. The number of aryl methyl sites for hydroxylation is 2. The van der Waals surface area contributed by atoms with Crippen molar-refractivity contribution in [2.75, 3.05) is 6.54 Å². The highest BCUT2D eigenvalue weighted by Gasteiger charge is 2.23. The largest absolute Gasteiger partial charge is 0.348 e. The topological polar surface area (TPSA) is 41.1 Å². The summed E-state index contributed by atoms with van der Waals surface area (Å²) < 4.78 is 0. The van der Waals surface area contributed by atoms with Crippen molar-refractivity contribution in [3.05, 3.63) is 71.3 Å². The molecule has 2 aromatic carbocycles. The Labute approximate surface area is 156 Å². The highest BCUT2D eigenvalue weighted by Crippen LogP contribution is 2.15. The molecule has 1 saturated heterocycles. The lowest BCUT2D eigenvalue weighted by atomic mass is 9.97. The van der Waals surface area contributed by atoms with Gasteiger partial charge in [0.2, 0.25) is 0 Å². The summed E-state index contributed by atoms with van der Waals surface area (Å²) in [6.45, 7) is 3.19. The number of hydrogen-bond donors (Lipinski definition) is 2. The van der Waals surface area contributed by atoms with E-state index in [1.165, 1.54) is 5.56 Å². The molecule has 2 aromatic rings. The molecule has 2 N–H and O–H groups in total. The first-order valence-corrected chi connectivity index (χ1v) is 8.90. The molecule has 3 rings (SSSR count). The van der Waals surface area contributed by atoms with E-state index in [1.54, 1.807) is 0 Å². The summed E-state index contributed by atoms with van der Waals surface area (Å²) in [5, 5.41) is 6.66. The quantitative estimate of drug-likeness (QED) is 0.854. The Bertz CT molecular complexity index is 675. The van der Waals surface area contributed by atoms with Crippen molar-refractivity contribution >= 4 is 18.3 Å². The highest BCUT2D eigenvalue weighted by atomic mass is 35.5. The highest BCUT2D eigenvalue weighted by molar-refractivity contribution is 5.95. The van der Waals surface area contributed by atoms with Crippen LogP contribution in [0, 0.1) is 0 Å². The SMILES string of the molecule is CC1NCCCC1NC(=O)c1ccccc1CCc1ccccc1.Cl.